The number of hydrogen-bond donors (Lipinski definition) is 2. The maximum atomic E-state index is 6.18. The lowest BCUT2D eigenvalue weighted by molar-refractivity contribution is 0.680. The lowest BCUT2D eigenvalue weighted by atomic mass is 9.90. The van der Waals surface area contributed by atoms with Gasteiger partial charge in [-0.25, -0.2) is 0 Å². The van der Waals surface area contributed by atoms with Crippen LogP contribution in [0.2, 0.25) is 0 Å². The lowest BCUT2D eigenvalue weighted by Gasteiger charge is -2.23. The largest absolute Gasteiger partial charge is 0.324 e. The van der Waals surface area contributed by atoms with Crippen molar-refractivity contribution in [3.8, 4) is 0 Å². The molecule has 2 nitrogen and oxygen atoms in total. The van der Waals surface area contributed by atoms with Crippen LogP contribution in [0.3, 0.4) is 0 Å². The van der Waals surface area contributed by atoms with Crippen LogP contribution in [0.15, 0.2) is 54.1 Å². The Morgan fingerprint density at radius 1 is 1.20 bits per heavy atom. The molecule has 1 aliphatic carbocycles. The van der Waals surface area contributed by atoms with Crippen LogP contribution in [-0.4, -0.2) is 6.04 Å². The third kappa shape index (κ3) is 2.17. The molecule has 1 aromatic carbocycles. The van der Waals surface area contributed by atoms with Crippen molar-refractivity contribution < 1.29 is 0 Å². The molecule has 0 aliphatic heterocycles. The normalized spacial score (nSPS) is 22.3. The molecule has 1 aromatic rings. The van der Waals surface area contributed by atoms with Gasteiger partial charge in [0, 0.05) is 6.04 Å². The smallest absolute Gasteiger partial charge is 0.0529 e. The zero-order valence-corrected chi connectivity index (χ0v) is 8.64. The number of hydrogen-bond acceptors (Lipinski definition) is 2. The standard InChI is InChI=1S/C13H16N2/c14-12-9-5-4-8-11(12)13(15)10-6-2-1-3-7-10/h1-8,12-13H,9,14-15H2. The van der Waals surface area contributed by atoms with E-state index < -0.39 is 0 Å². The number of rotatable bonds is 2. The van der Waals surface area contributed by atoms with Crippen molar-refractivity contribution in [1.82, 2.24) is 0 Å². The van der Waals surface area contributed by atoms with Crippen molar-refractivity contribution in [1.29, 1.82) is 0 Å². The average Bonchev–Trinajstić information content (AvgIpc) is 2.30. The van der Waals surface area contributed by atoms with Crippen molar-refractivity contribution in [2.75, 3.05) is 0 Å². The lowest BCUT2D eigenvalue weighted by Crippen LogP contribution is -2.30. The fourth-order valence-corrected chi connectivity index (χ4v) is 1.85. The monoisotopic (exact) mass is 200 g/mol. The van der Waals surface area contributed by atoms with Crippen molar-refractivity contribution in [2.45, 2.75) is 18.5 Å². The Balaban J connectivity index is 2.24. The molecule has 0 saturated carbocycles. The molecule has 78 valence electrons. The van der Waals surface area contributed by atoms with E-state index in [1.807, 2.05) is 42.5 Å². The second kappa shape index (κ2) is 4.43. The summed E-state index contributed by atoms with van der Waals surface area (Å²) in [6.45, 7) is 0. The van der Waals surface area contributed by atoms with E-state index in [9.17, 15) is 0 Å². The predicted molar refractivity (Wildman–Crippen MR) is 63.2 cm³/mol. The van der Waals surface area contributed by atoms with E-state index in [-0.39, 0.29) is 12.1 Å². The molecule has 2 unspecified atom stereocenters. The average molecular weight is 200 g/mol. The summed E-state index contributed by atoms with van der Waals surface area (Å²) in [6, 6.07) is 10.1. The fraction of sp³-hybridized carbons (Fsp3) is 0.231. The Bertz CT molecular complexity index is 379. The Morgan fingerprint density at radius 3 is 2.60 bits per heavy atom. The molecule has 0 heterocycles. The van der Waals surface area contributed by atoms with Gasteiger partial charge in [-0.3, -0.25) is 0 Å². The molecule has 15 heavy (non-hydrogen) atoms. The van der Waals surface area contributed by atoms with Crippen LogP contribution in [0.5, 0.6) is 0 Å². The van der Waals surface area contributed by atoms with Gasteiger partial charge in [0.2, 0.25) is 0 Å². The second-order valence-electron chi connectivity index (χ2n) is 3.83. The minimum Gasteiger partial charge on any atom is -0.324 e. The van der Waals surface area contributed by atoms with Gasteiger partial charge in [-0.05, 0) is 17.6 Å². The van der Waals surface area contributed by atoms with Gasteiger partial charge in [0.05, 0.1) is 6.04 Å². The molecule has 0 fully saturated rings. The van der Waals surface area contributed by atoms with Crippen molar-refractivity contribution >= 4 is 0 Å². The Morgan fingerprint density at radius 2 is 1.93 bits per heavy atom. The summed E-state index contributed by atoms with van der Waals surface area (Å²) in [4.78, 5) is 0. The number of benzene rings is 1. The van der Waals surface area contributed by atoms with E-state index in [4.69, 9.17) is 11.5 Å². The first kappa shape index (κ1) is 10.1. The highest BCUT2D eigenvalue weighted by Crippen LogP contribution is 2.24. The second-order valence-corrected chi connectivity index (χ2v) is 3.83. The summed E-state index contributed by atoms with van der Waals surface area (Å²) in [5.74, 6) is 0. The number of nitrogens with two attached hydrogens (primary N) is 2. The molecule has 2 rings (SSSR count). The Hall–Kier alpha value is -1.38. The molecule has 4 N–H and O–H groups in total. The maximum absolute atomic E-state index is 6.18. The van der Waals surface area contributed by atoms with Gasteiger partial charge >= 0.3 is 0 Å². The van der Waals surface area contributed by atoms with E-state index in [0.717, 1.165) is 17.6 Å². The first-order valence-electron chi connectivity index (χ1n) is 5.22. The topological polar surface area (TPSA) is 52.0 Å². The highest BCUT2D eigenvalue weighted by Gasteiger charge is 2.18. The Kier molecular flexibility index (Phi) is 2.99. The first-order valence-corrected chi connectivity index (χ1v) is 5.22. The molecule has 0 saturated heterocycles. The SMILES string of the molecule is NC1CC=CC=C1C(N)c1ccccc1. The zero-order chi connectivity index (χ0) is 10.7. The minimum atomic E-state index is -0.0776. The highest BCUT2D eigenvalue weighted by atomic mass is 14.7. The van der Waals surface area contributed by atoms with Gasteiger partial charge < -0.3 is 11.5 Å². The molecule has 0 radical (unpaired) electrons. The summed E-state index contributed by atoms with van der Waals surface area (Å²) in [5, 5.41) is 0. The van der Waals surface area contributed by atoms with Gasteiger partial charge in [0.15, 0.2) is 0 Å². The summed E-state index contributed by atoms with van der Waals surface area (Å²) < 4.78 is 0. The van der Waals surface area contributed by atoms with Gasteiger partial charge in [-0.1, -0.05) is 48.6 Å². The third-order valence-corrected chi connectivity index (χ3v) is 2.76. The molecule has 0 amide bonds. The van der Waals surface area contributed by atoms with Crippen LogP contribution in [0.4, 0.5) is 0 Å². The predicted octanol–water partition coefficient (Wildman–Crippen LogP) is 1.90. The van der Waals surface area contributed by atoms with E-state index in [1.54, 1.807) is 0 Å². The van der Waals surface area contributed by atoms with E-state index in [2.05, 4.69) is 6.08 Å². The van der Waals surface area contributed by atoms with Gasteiger partial charge in [-0.2, -0.15) is 0 Å². The molecule has 2 atom stereocenters. The minimum absolute atomic E-state index is 0.0604. The Labute approximate surface area is 90.3 Å². The summed E-state index contributed by atoms with van der Waals surface area (Å²) in [7, 11) is 0. The van der Waals surface area contributed by atoms with E-state index in [0.29, 0.717) is 0 Å². The van der Waals surface area contributed by atoms with Crippen molar-refractivity contribution in [3.05, 3.63) is 59.7 Å². The van der Waals surface area contributed by atoms with Crippen molar-refractivity contribution in [3.63, 3.8) is 0 Å². The fourth-order valence-electron chi connectivity index (χ4n) is 1.85. The van der Waals surface area contributed by atoms with Crippen LogP contribution in [0, 0.1) is 0 Å². The first-order chi connectivity index (χ1) is 7.29. The van der Waals surface area contributed by atoms with Crippen LogP contribution < -0.4 is 11.5 Å². The van der Waals surface area contributed by atoms with Gasteiger partial charge in [-0.15, -0.1) is 0 Å². The van der Waals surface area contributed by atoms with Crippen LogP contribution in [0.1, 0.15) is 18.0 Å². The van der Waals surface area contributed by atoms with Crippen molar-refractivity contribution in [2.24, 2.45) is 11.5 Å². The molecule has 0 bridgehead atoms. The molecule has 0 aromatic heterocycles. The maximum Gasteiger partial charge on any atom is 0.0529 e. The van der Waals surface area contributed by atoms with Crippen LogP contribution >= 0.6 is 0 Å². The molecule has 2 heteroatoms. The van der Waals surface area contributed by atoms with E-state index >= 15 is 0 Å². The number of allylic oxidation sites excluding steroid dienone is 2. The molecular weight excluding hydrogens is 184 g/mol. The van der Waals surface area contributed by atoms with Gasteiger partial charge in [0.25, 0.3) is 0 Å². The summed E-state index contributed by atoms with van der Waals surface area (Å²) in [5.41, 5.74) is 14.4. The summed E-state index contributed by atoms with van der Waals surface area (Å²) >= 11 is 0. The summed E-state index contributed by atoms with van der Waals surface area (Å²) in [6.07, 6.45) is 7.02. The molecule has 1 aliphatic rings. The molecular formula is C13H16N2. The van der Waals surface area contributed by atoms with Crippen LogP contribution in [-0.2, 0) is 0 Å². The van der Waals surface area contributed by atoms with E-state index in [1.165, 1.54) is 0 Å². The van der Waals surface area contributed by atoms with Crippen LogP contribution in [0.25, 0.3) is 0 Å². The zero-order valence-electron chi connectivity index (χ0n) is 8.64. The highest BCUT2D eigenvalue weighted by molar-refractivity contribution is 5.34. The third-order valence-electron chi connectivity index (χ3n) is 2.76. The molecule has 0 spiro atoms. The quantitative estimate of drug-likeness (QED) is 0.766. The van der Waals surface area contributed by atoms with Gasteiger partial charge in [0.1, 0.15) is 0 Å².